The number of aromatic nitrogens is 3. The first kappa shape index (κ1) is 24.2. The largest absolute Gasteiger partial charge is 0.497 e. The SMILES string of the molecule is COc1ccc(COC[C@H]2CCc3nc(-c4ccc(F)cc4)c(-c4ccnc(CCCN)c4)n32)cc1. The Morgan fingerprint density at radius 3 is 2.61 bits per heavy atom. The average Bonchev–Trinajstić information content (AvgIpc) is 3.48. The maximum absolute atomic E-state index is 13.7. The number of hydrogen-bond donors (Lipinski definition) is 1. The lowest BCUT2D eigenvalue weighted by Gasteiger charge is -2.18. The topological polar surface area (TPSA) is 75.2 Å². The molecule has 0 amide bonds. The molecule has 3 heterocycles. The Hall–Kier alpha value is -3.55. The van der Waals surface area contributed by atoms with E-state index in [9.17, 15) is 4.39 Å². The van der Waals surface area contributed by atoms with E-state index in [0.29, 0.717) is 19.8 Å². The van der Waals surface area contributed by atoms with Gasteiger partial charge in [0.2, 0.25) is 0 Å². The maximum atomic E-state index is 13.7. The summed E-state index contributed by atoms with van der Waals surface area (Å²) in [5, 5.41) is 0. The summed E-state index contributed by atoms with van der Waals surface area (Å²) in [5.41, 5.74) is 11.7. The van der Waals surface area contributed by atoms with E-state index in [1.54, 1.807) is 19.2 Å². The highest BCUT2D eigenvalue weighted by atomic mass is 19.1. The van der Waals surface area contributed by atoms with Crippen LogP contribution >= 0.6 is 0 Å². The van der Waals surface area contributed by atoms with Crippen LogP contribution in [0.2, 0.25) is 0 Å². The molecule has 0 aliphatic carbocycles. The first-order valence-electron chi connectivity index (χ1n) is 12.4. The second kappa shape index (κ2) is 11.0. The van der Waals surface area contributed by atoms with Crippen LogP contribution in [0.15, 0.2) is 66.9 Å². The quantitative estimate of drug-likeness (QED) is 0.327. The zero-order valence-electron chi connectivity index (χ0n) is 20.5. The van der Waals surface area contributed by atoms with Crippen LogP contribution in [-0.2, 0) is 24.2 Å². The van der Waals surface area contributed by atoms with Gasteiger partial charge in [0, 0.05) is 29.4 Å². The Balaban J connectivity index is 1.45. The molecule has 0 radical (unpaired) electrons. The Kier molecular flexibility index (Phi) is 7.39. The molecule has 0 bridgehead atoms. The molecule has 0 fully saturated rings. The summed E-state index contributed by atoms with van der Waals surface area (Å²) in [5.74, 6) is 1.60. The average molecular weight is 487 g/mol. The number of halogens is 1. The predicted molar refractivity (Wildman–Crippen MR) is 138 cm³/mol. The van der Waals surface area contributed by atoms with Gasteiger partial charge in [-0.1, -0.05) is 12.1 Å². The van der Waals surface area contributed by atoms with Crippen molar-refractivity contribution in [3.63, 3.8) is 0 Å². The van der Waals surface area contributed by atoms with Gasteiger partial charge in [0.1, 0.15) is 17.4 Å². The zero-order valence-corrected chi connectivity index (χ0v) is 20.5. The van der Waals surface area contributed by atoms with Gasteiger partial charge >= 0.3 is 0 Å². The van der Waals surface area contributed by atoms with Crippen LogP contribution in [0.25, 0.3) is 22.5 Å². The van der Waals surface area contributed by atoms with Crippen LogP contribution < -0.4 is 10.5 Å². The number of ether oxygens (including phenoxy) is 2. The molecule has 7 heteroatoms. The van der Waals surface area contributed by atoms with Crippen molar-refractivity contribution in [3.8, 4) is 28.3 Å². The highest BCUT2D eigenvalue weighted by Gasteiger charge is 2.30. The fraction of sp³-hybridized carbons (Fsp3) is 0.310. The van der Waals surface area contributed by atoms with Crippen LogP contribution in [0.1, 0.15) is 36.0 Å². The van der Waals surface area contributed by atoms with E-state index in [-0.39, 0.29) is 11.9 Å². The highest BCUT2D eigenvalue weighted by Crippen LogP contribution is 2.40. The Morgan fingerprint density at radius 1 is 1.06 bits per heavy atom. The van der Waals surface area contributed by atoms with Crippen LogP contribution in [0.4, 0.5) is 4.39 Å². The fourth-order valence-electron chi connectivity index (χ4n) is 4.80. The smallest absolute Gasteiger partial charge is 0.123 e. The molecule has 1 aliphatic rings. The number of benzene rings is 2. The van der Waals surface area contributed by atoms with E-state index in [2.05, 4.69) is 15.6 Å². The number of pyridine rings is 1. The van der Waals surface area contributed by atoms with Gasteiger partial charge in [-0.2, -0.15) is 0 Å². The van der Waals surface area contributed by atoms with Gasteiger partial charge in [-0.25, -0.2) is 9.37 Å². The lowest BCUT2D eigenvalue weighted by atomic mass is 10.0. The Bertz CT molecular complexity index is 1300. The van der Waals surface area contributed by atoms with Crippen LogP contribution in [0, 0.1) is 5.82 Å². The summed E-state index contributed by atoms with van der Waals surface area (Å²) < 4.78 is 27.4. The summed E-state index contributed by atoms with van der Waals surface area (Å²) in [6.07, 6.45) is 5.39. The maximum Gasteiger partial charge on any atom is 0.123 e. The van der Waals surface area contributed by atoms with Crippen molar-refractivity contribution >= 4 is 0 Å². The number of fused-ring (bicyclic) bond motifs is 1. The molecule has 1 aliphatic heterocycles. The van der Waals surface area contributed by atoms with Crippen molar-refractivity contribution in [2.45, 2.75) is 38.3 Å². The first-order valence-corrected chi connectivity index (χ1v) is 12.4. The number of methoxy groups -OCH3 is 1. The standard InChI is InChI=1S/C29H31FN4O2/c1-35-26-11-4-20(5-12-26)18-36-19-25-10-13-27-33-28(21-6-8-23(30)9-7-21)29(34(25)27)22-14-16-32-24(17-22)3-2-15-31/h4-9,11-12,14,16-17,25H,2-3,10,13,15,18-19,31H2,1H3/t25-/m1/s1. The normalized spacial score (nSPS) is 14.7. The number of nitrogens with two attached hydrogens (primary N) is 1. The first-order chi connectivity index (χ1) is 17.7. The van der Waals surface area contributed by atoms with Crippen molar-refractivity contribution in [2.24, 2.45) is 5.73 Å². The van der Waals surface area contributed by atoms with E-state index in [1.165, 1.54) is 12.1 Å². The summed E-state index contributed by atoms with van der Waals surface area (Å²) in [7, 11) is 1.66. The van der Waals surface area contributed by atoms with Crippen molar-refractivity contribution < 1.29 is 13.9 Å². The van der Waals surface area contributed by atoms with E-state index >= 15 is 0 Å². The fourth-order valence-corrected chi connectivity index (χ4v) is 4.80. The van der Waals surface area contributed by atoms with Gasteiger partial charge in [-0.3, -0.25) is 4.98 Å². The van der Waals surface area contributed by atoms with Crippen LogP contribution in [0.3, 0.4) is 0 Å². The second-order valence-electron chi connectivity index (χ2n) is 9.09. The monoisotopic (exact) mass is 486 g/mol. The van der Waals surface area contributed by atoms with Crippen molar-refractivity contribution in [2.75, 3.05) is 20.3 Å². The van der Waals surface area contributed by atoms with Gasteiger partial charge in [0.15, 0.2) is 0 Å². The lowest BCUT2D eigenvalue weighted by Crippen LogP contribution is -2.13. The van der Waals surface area contributed by atoms with E-state index < -0.39 is 0 Å². The van der Waals surface area contributed by atoms with Crippen LogP contribution in [0.5, 0.6) is 5.75 Å². The van der Waals surface area contributed by atoms with E-state index in [4.69, 9.17) is 20.2 Å². The molecule has 2 N–H and O–H groups in total. The summed E-state index contributed by atoms with van der Waals surface area (Å²) >= 11 is 0. The molecule has 0 unspecified atom stereocenters. The highest BCUT2D eigenvalue weighted by molar-refractivity contribution is 5.79. The molecule has 4 aromatic rings. The van der Waals surface area contributed by atoms with Gasteiger partial charge in [0.05, 0.1) is 37.8 Å². The Labute approximate surface area is 210 Å². The summed E-state index contributed by atoms with van der Waals surface area (Å²) in [6.45, 7) is 1.74. The van der Waals surface area contributed by atoms with Crippen LogP contribution in [-0.4, -0.2) is 34.8 Å². The molecule has 5 rings (SSSR count). The number of nitrogens with zero attached hydrogens (tertiary/aromatic N) is 3. The predicted octanol–water partition coefficient (Wildman–Crippen LogP) is 5.36. The minimum atomic E-state index is -0.259. The molecule has 0 saturated carbocycles. The number of hydrogen-bond acceptors (Lipinski definition) is 5. The lowest BCUT2D eigenvalue weighted by molar-refractivity contribution is 0.0925. The van der Waals surface area contributed by atoms with Crippen molar-refractivity contribution in [3.05, 3.63) is 89.8 Å². The van der Waals surface area contributed by atoms with Crippen molar-refractivity contribution in [1.82, 2.24) is 14.5 Å². The second-order valence-corrected chi connectivity index (χ2v) is 9.09. The zero-order chi connectivity index (χ0) is 24.9. The third-order valence-electron chi connectivity index (χ3n) is 6.63. The molecule has 2 aromatic heterocycles. The summed E-state index contributed by atoms with van der Waals surface area (Å²) in [6, 6.07) is 18.8. The van der Waals surface area contributed by atoms with Gasteiger partial charge in [-0.15, -0.1) is 0 Å². The molecule has 2 aromatic carbocycles. The van der Waals surface area contributed by atoms with Gasteiger partial charge < -0.3 is 19.8 Å². The molecule has 0 saturated heterocycles. The van der Waals surface area contributed by atoms with E-state index in [1.807, 2.05) is 36.5 Å². The van der Waals surface area contributed by atoms with Gasteiger partial charge in [0.25, 0.3) is 0 Å². The number of aryl methyl sites for hydroxylation is 2. The number of rotatable bonds is 10. The molecular formula is C29H31FN4O2. The molecule has 186 valence electrons. The molecule has 6 nitrogen and oxygen atoms in total. The Morgan fingerprint density at radius 2 is 1.86 bits per heavy atom. The number of imidazole rings is 1. The third kappa shape index (κ3) is 5.17. The minimum Gasteiger partial charge on any atom is -0.497 e. The minimum absolute atomic E-state index is 0.163. The van der Waals surface area contributed by atoms with Gasteiger partial charge in [-0.05, 0) is 79.9 Å². The van der Waals surface area contributed by atoms with E-state index in [0.717, 1.165) is 71.0 Å². The third-order valence-corrected chi connectivity index (χ3v) is 6.63. The molecule has 36 heavy (non-hydrogen) atoms. The van der Waals surface area contributed by atoms with Crippen molar-refractivity contribution in [1.29, 1.82) is 0 Å². The summed E-state index contributed by atoms with van der Waals surface area (Å²) in [4.78, 5) is 9.57. The molecular weight excluding hydrogens is 455 g/mol. The molecule has 1 atom stereocenters. The molecule has 0 spiro atoms.